The summed E-state index contributed by atoms with van der Waals surface area (Å²) in [6.45, 7) is 2.62. The summed E-state index contributed by atoms with van der Waals surface area (Å²) in [4.78, 5) is 11.6. The van der Waals surface area contributed by atoms with Gasteiger partial charge in [-0.2, -0.15) is 5.26 Å². The van der Waals surface area contributed by atoms with Crippen molar-refractivity contribution in [1.82, 2.24) is 5.32 Å². The largest absolute Gasteiger partial charge is 0.396 e. The van der Waals surface area contributed by atoms with E-state index >= 15 is 0 Å². The standard InChI is InChI=1S/C14H19N3O2/c1-11(7-9-18)10-16-14(19)17-13-4-2-12(3-5-13)6-8-15/h2-5,11,18H,6-7,9-10H2,1H3,(H2,16,17,19). The smallest absolute Gasteiger partial charge is 0.319 e. The van der Waals surface area contributed by atoms with E-state index in [0.29, 0.717) is 25.1 Å². The molecule has 0 aromatic heterocycles. The Bertz CT molecular complexity index is 437. The van der Waals surface area contributed by atoms with Crippen LogP contribution in [0.15, 0.2) is 24.3 Å². The minimum absolute atomic E-state index is 0.130. The molecule has 0 saturated carbocycles. The molecule has 0 heterocycles. The van der Waals surface area contributed by atoms with Crippen LogP contribution in [0.5, 0.6) is 0 Å². The third-order valence-electron chi connectivity index (χ3n) is 2.73. The summed E-state index contributed by atoms with van der Waals surface area (Å²) in [6, 6.07) is 8.96. The summed E-state index contributed by atoms with van der Waals surface area (Å²) in [5.41, 5.74) is 1.61. The zero-order chi connectivity index (χ0) is 14.1. The molecule has 102 valence electrons. The summed E-state index contributed by atoms with van der Waals surface area (Å²) >= 11 is 0. The van der Waals surface area contributed by atoms with Crippen LogP contribution in [0.3, 0.4) is 0 Å². The molecule has 5 heteroatoms. The van der Waals surface area contributed by atoms with Crippen molar-refractivity contribution in [1.29, 1.82) is 5.26 Å². The molecule has 1 atom stereocenters. The third kappa shape index (κ3) is 5.89. The van der Waals surface area contributed by atoms with Crippen molar-refractivity contribution in [3.63, 3.8) is 0 Å². The van der Waals surface area contributed by atoms with Gasteiger partial charge in [0.15, 0.2) is 0 Å². The topological polar surface area (TPSA) is 85.2 Å². The maximum Gasteiger partial charge on any atom is 0.319 e. The van der Waals surface area contributed by atoms with Gasteiger partial charge in [-0.3, -0.25) is 0 Å². The fourth-order valence-electron chi connectivity index (χ4n) is 1.56. The SMILES string of the molecule is CC(CCO)CNC(=O)Nc1ccc(CC#N)cc1. The highest BCUT2D eigenvalue weighted by Gasteiger charge is 2.05. The predicted octanol–water partition coefficient (Wildman–Crippen LogP) is 1.89. The molecule has 0 spiro atoms. The lowest BCUT2D eigenvalue weighted by Gasteiger charge is -2.12. The van der Waals surface area contributed by atoms with E-state index in [0.717, 1.165) is 5.56 Å². The molecule has 0 fully saturated rings. The van der Waals surface area contributed by atoms with Crippen molar-refractivity contribution < 1.29 is 9.90 Å². The number of anilines is 1. The van der Waals surface area contributed by atoms with Crippen LogP contribution in [0.1, 0.15) is 18.9 Å². The zero-order valence-corrected chi connectivity index (χ0v) is 11.0. The fraction of sp³-hybridized carbons (Fsp3) is 0.429. The second kappa shape index (κ2) is 8.11. The van der Waals surface area contributed by atoms with E-state index in [1.54, 1.807) is 12.1 Å². The van der Waals surface area contributed by atoms with Gasteiger partial charge in [0.25, 0.3) is 0 Å². The molecule has 1 aromatic rings. The number of aliphatic hydroxyl groups is 1. The summed E-state index contributed by atoms with van der Waals surface area (Å²) in [6.07, 6.45) is 1.04. The van der Waals surface area contributed by atoms with Gasteiger partial charge in [0.2, 0.25) is 0 Å². The van der Waals surface area contributed by atoms with Crippen LogP contribution in [0.25, 0.3) is 0 Å². The molecule has 5 nitrogen and oxygen atoms in total. The molecule has 19 heavy (non-hydrogen) atoms. The van der Waals surface area contributed by atoms with Gasteiger partial charge in [-0.25, -0.2) is 4.79 Å². The van der Waals surface area contributed by atoms with Crippen LogP contribution < -0.4 is 10.6 Å². The Kier molecular flexibility index (Phi) is 6.41. The molecule has 3 N–H and O–H groups in total. The van der Waals surface area contributed by atoms with E-state index in [1.165, 1.54) is 0 Å². The molecule has 2 amide bonds. The summed E-state index contributed by atoms with van der Waals surface area (Å²) in [7, 11) is 0. The number of hydrogen-bond acceptors (Lipinski definition) is 3. The lowest BCUT2D eigenvalue weighted by atomic mass is 10.1. The quantitative estimate of drug-likeness (QED) is 0.731. The van der Waals surface area contributed by atoms with E-state index < -0.39 is 0 Å². The number of carbonyl (C=O) groups is 1. The van der Waals surface area contributed by atoms with Crippen LogP contribution in [0, 0.1) is 17.2 Å². The van der Waals surface area contributed by atoms with Gasteiger partial charge in [0.05, 0.1) is 12.5 Å². The van der Waals surface area contributed by atoms with Crippen molar-refractivity contribution in [2.24, 2.45) is 5.92 Å². The van der Waals surface area contributed by atoms with Crippen LogP contribution in [-0.2, 0) is 6.42 Å². The van der Waals surface area contributed by atoms with E-state index in [1.807, 2.05) is 19.1 Å². The highest BCUT2D eigenvalue weighted by atomic mass is 16.3. The molecule has 0 aliphatic carbocycles. The van der Waals surface area contributed by atoms with Gasteiger partial charge in [-0.05, 0) is 30.0 Å². The highest BCUT2D eigenvalue weighted by molar-refractivity contribution is 5.89. The zero-order valence-electron chi connectivity index (χ0n) is 11.0. The number of aliphatic hydroxyl groups excluding tert-OH is 1. The first-order chi connectivity index (χ1) is 9.15. The molecular formula is C14H19N3O2. The van der Waals surface area contributed by atoms with E-state index in [9.17, 15) is 4.79 Å². The molecule has 0 aliphatic heterocycles. The Labute approximate surface area is 113 Å². The third-order valence-corrected chi connectivity index (χ3v) is 2.73. The molecular weight excluding hydrogens is 242 g/mol. The predicted molar refractivity (Wildman–Crippen MR) is 73.6 cm³/mol. The number of nitrogens with one attached hydrogen (secondary N) is 2. The Morgan fingerprint density at radius 3 is 2.68 bits per heavy atom. The lowest BCUT2D eigenvalue weighted by molar-refractivity contribution is 0.243. The number of urea groups is 1. The van der Waals surface area contributed by atoms with Gasteiger partial charge in [-0.1, -0.05) is 19.1 Å². The molecule has 1 rings (SSSR count). The number of carbonyl (C=O) groups excluding carboxylic acids is 1. The molecule has 1 aromatic carbocycles. The van der Waals surface area contributed by atoms with Gasteiger partial charge in [0.1, 0.15) is 0 Å². The minimum Gasteiger partial charge on any atom is -0.396 e. The maximum absolute atomic E-state index is 11.6. The first-order valence-corrected chi connectivity index (χ1v) is 6.27. The highest BCUT2D eigenvalue weighted by Crippen LogP contribution is 2.09. The Morgan fingerprint density at radius 1 is 1.42 bits per heavy atom. The Morgan fingerprint density at radius 2 is 2.11 bits per heavy atom. The van der Waals surface area contributed by atoms with Crippen LogP contribution in [0.2, 0.25) is 0 Å². The number of hydrogen-bond donors (Lipinski definition) is 3. The second-order valence-electron chi connectivity index (χ2n) is 4.48. The van der Waals surface area contributed by atoms with E-state index in [-0.39, 0.29) is 18.6 Å². The van der Waals surface area contributed by atoms with Crippen LogP contribution >= 0.6 is 0 Å². The van der Waals surface area contributed by atoms with Crippen molar-refractivity contribution >= 4 is 11.7 Å². The first kappa shape index (κ1) is 15.0. The van der Waals surface area contributed by atoms with Gasteiger partial charge in [-0.15, -0.1) is 0 Å². The number of benzene rings is 1. The van der Waals surface area contributed by atoms with E-state index in [4.69, 9.17) is 10.4 Å². The van der Waals surface area contributed by atoms with Crippen LogP contribution in [-0.4, -0.2) is 24.3 Å². The molecule has 0 radical (unpaired) electrons. The summed E-state index contributed by atoms with van der Waals surface area (Å²) in [5, 5.41) is 22.8. The van der Waals surface area contributed by atoms with Crippen molar-refractivity contribution in [3.8, 4) is 6.07 Å². The molecule has 0 aliphatic rings. The average molecular weight is 261 g/mol. The summed E-state index contributed by atoms with van der Waals surface area (Å²) in [5.74, 6) is 0.244. The minimum atomic E-state index is -0.266. The van der Waals surface area contributed by atoms with E-state index in [2.05, 4.69) is 16.7 Å². The number of nitrogens with zero attached hydrogens (tertiary/aromatic N) is 1. The molecule has 1 unspecified atom stereocenters. The van der Waals surface area contributed by atoms with Crippen molar-refractivity contribution in [2.45, 2.75) is 19.8 Å². The molecule has 0 saturated heterocycles. The van der Waals surface area contributed by atoms with Crippen LogP contribution in [0.4, 0.5) is 10.5 Å². The van der Waals surface area contributed by atoms with Gasteiger partial charge in [0, 0.05) is 18.8 Å². The first-order valence-electron chi connectivity index (χ1n) is 6.27. The normalized spacial score (nSPS) is 11.4. The second-order valence-corrected chi connectivity index (χ2v) is 4.48. The number of nitriles is 1. The Balaban J connectivity index is 2.38. The molecule has 0 bridgehead atoms. The fourth-order valence-corrected chi connectivity index (χ4v) is 1.56. The van der Waals surface area contributed by atoms with Gasteiger partial charge >= 0.3 is 6.03 Å². The monoisotopic (exact) mass is 261 g/mol. The number of amides is 2. The van der Waals surface area contributed by atoms with Crippen molar-refractivity contribution in [3.05, 3.63) is 29.8 Å². The average Bonchev–Trinajstić information content (AvgIpc) is 2.39. The lowest BCUT2D eigenvalue weighted by Crippen LogP contribution is -2.32. The Hall–Kier alpha value is -2.06. The number of rotatable bonds is 6. The van der Waals surface area contributed by atoms with Gasteiger partial charge < -0.3 is 15.7 Å². The summed E-state index contributed by atoms with van der Waals surface area (Å²) < 4.78 is 0. The maximum atomic E-state index is 11.6. The van der Waals surface area contributed by atoms with Crippen molar-refractivity contribution in [2.75, 3.05) is 18.5 Å².